The number of carbonyl (C=O) groups excluding carboxylic acids is 2. The molecule has 6 heteroatoms. The van der Waals surface area contributed by atoms with Gasteiger partial charge in [0.15, 0.2) is 0 Å². The zero-order valence-corrected chi connectivity index (χ0v) is 20.0. The second-order valence-corrected chi connectivity index (χ2v) is 9.19. The van der Waals surface area contributed by atoms with Gasteiger partial charge in [0, 0.05) is 32.5 Å². The molecule has 2 heterocycles. The quantitative estimate of drug-likeness (QED) is 0.428. The summed E-state index contributed by atoms with van der Waals surface area (Å²) < 4.78 is 2.11. The molecule has 2 aromatic carbocycles. The van der Waals surface area contributed by atoms with Crippen LogP contribution in [0.3, 0.4) is 0 Å². The van der Waals surface area contributed by atoms with E-state index in [9.17, 15) is 9.59 Å². The van der Waals surface area contributed by atoms with Crippen molar-refractivity contribution in [1.82, 2.24) is 19.8 Å². The van der Waals surface area contributed by atoms with Crippen LogP contribution in [0.1, 0.15) is 56.3 Å². The summed E-state index contributed by atoms with van der Waals surface area (Å²) in [6, 6.07) is 18.2. The molecule has 34 heavy (non-hydrogen) atoms. The van der Waals surface area contributed by atoms with Crippen molar-refractivity contribution in [3.05, 3.63) is 66.0 Å². The van der Waals surface area contributed by atoms with Crippen molar-refractivity contribution < 1.29 is 9.59 Å². The Kier molecular flexibility index (Phi) is 8.71. The molecule has 0 saturated carbocycles. The van der Waals surface area contributed by atoms with Crippen molar-refractivity contribution in [2.24, 2.45) is 0 Å². The molecule has 0 spiro atoms. The van der Waals surface area contributed by atoms with E-state index in [1.165, 1.54) is 12.0 Å². The highest BCUT2D eigenvalue weighted by atomic mass is 16.2. The molecule has 1 saturated heterocycles. The second kappa shape index (κ2) is 12.4. The summed E-state index contributed by atoms with van der Waals surface area (Å²) in [5, 5.41) is 3.04. The molecule has 1 aliphatic rings. The lowest BCUT2D eigenvalue weighted by Crippen LogP contribution is -2.38. The molecule has 1 aromatic heterocycles. The second-order valence-electron chi connectivity index (χ2n) is 9.19. The van der Waals surface area contributed by atoms with Gasteiger partial charge in [0.05, 0.1) is 11.0 Å². The van der Waals surface area contributed by atoms with E-state index in [4.69, 9.17) is 4.98 Å². The van der Waals surface area contributed by atoms with Gasteiger partial charge in [0.1, 0.15) is 12.4 Å². The number of aryl methyl sites for hydroxylation is 2. The summed E-state index contributed by atoms with van der Waals surface area (Å²) in [5.74, 6) is 1.29. The number of benzene rings is 2. The van der Waals surface area contributed by atoms with Crippen molar-refractivity contribution in [1.29, 1.82) is 0 Å². The summed E-state index contributed by atoms with van der Waals surface area (Å²) in [7, 11) is 0. The molecule has 0 atom stereocenters. The van der Waals surface area contributed by atoms with Gasteiger partial charge in [0.2, 0.25) is 11.8 Å². The highest BCUT2D eigenvalue weighted by molar-refractivity contribution is 5.81. The molecular formula is C28H36N4O2. The minimum atomic E-state index is 0.113. The Labute approximate surface area is 202 Å². The van der Waals surface area contributed by atoms with Crippen LogP contribution < -0.4 is 5.32 Å². The topological polar surface area (TPSA) is 67.2 Å². The predicted molar refractivity (Wildman–Crippen MR) is 135 cm³/mol. The lowest BCUT2D eigenvalue weighted by molar-refractivity contribution is -0.132. The molecule has 1 aliphatic heterocycles. The molecule has 1 N–H and O–H groups in total. The molecule has 0 aliphatic carbocycles. The zero-order chi connectivity index (χ0) is 23.6. The van der Waals surface area contributed by atoms with E-state index in [1.807, 2.05) is 41.3 Å². The van der Waals surface area contributed by atoms with Crippen molar-refractivity contribution in [2.45, 2.75) is 64.3 Å². The number of hydrogen-bond donors (Lipinski definition) is 1. The summed E-state index contributed by atoms with van der Waals surface area (Å²) in [6.07, 6.45) is 8.52. The number of piperidine rings is 1. The molecule has 180 valence electrons. The Bertz CT molecular complexity index is 1070. The molecule has 6 nitrogen and oxygen atoms in total. The summed E-state index contributed by atoms with van der Waals surface area (Å²) in [5.41, 5.74) is 3.18. The molecule has 0 bridgehead atoms. The maximum absolute atomic E-state index is 12.9. The van der Waals surface area contributed by atoms with E-state index in [1.54, 1.807) is 0 Å². The largest absolute Gasteiger partial charge is 0.356 e. The number of para-hydroxylation sites is 2. The Hall–Kier alpha value is -3.15. The van der Waals surface area contributed by atoms with E-state index in [2.05, 4.69) is 28.1 Å². The number of hydrogen-bond acceptors (Lipinski definition) is 3. The number of fused-ring (bicyclic) bond motifs is 1. The predicted octanol–water partition coefficient (Wildman–Crippen LogP) is 4.51. The van der Waals surface area contributed by atoms with E-state index in [-0.39, 0.29) is 11.8 Å². The highest BCUT2D eigenvalue weighted by Gasteiger charge is 2.19. The molecule has 3 aromatic rings. The van der Waals surface area contributed by atoms with Crippen LogP contribution in [-0.2, 0) is 29.0 Å². The molecule has 0 radical (unpaired) electrons. The SMILES string of the molecule is O=C(CCc1ccccc1)NCCCCCc1nc2ccccc2n1CC(=O)N1CCCCC1. The minimum absolute atomic E-state index is 0.113. The number of imidazole rings is 1. The van der Waals surface area contributed by atoms with Crippen LogP contribution in [0.25, 0.3) is 11.0 Å². The fourth-order valence-corrected chi connectivity index (χ4v) is 4.67. The first-order valence-corrected chi connectivity index (χ1v) is 12.7. The van der Waals surface area contributed by atoms with Crippen LogP contribution in [0, 0.1) is 0 Å². The molecule has 2 amide bonds. The first kappa shape index (κ1) is 24.0. The van der Waals surface area contributed by atoms with Crippen LogP contribution in [-0.4, -0.2) is 45.9 Å². The van der Waals surface area contributed by atoms with Crippen LogP contribution in [0.4, 0.5) is 0 Å². The van der Waals surface area contributed by atoms with Crippen LogP contribution in [0.5, 0.6) is 0 Å². The molecule has 1 fully saturated rings. The van der Waals surface area contributed by atoms with Crippen LogP contribution >= 0.6 is 0 Å². The number of amides is 2. The third kappa shape index (κ3) is 6.69. The first-order valence-electron chi connectivity index (χ1n) is 12.7. The number of aromatic nitrogens is 2. The lowest BCUT2D eigenvalue weighted by Gasteiger charge is -2.27. The minimum Gasteiger partial charge on any atom is -0.356 e. The average molecular weight is 461 g/mol. The van der Waals surface area contributed by atoms with Gasteiger partial charge in [-0.25, -0.2) is 4.98 Å². The summed E-state index contributed by atoms with van der Waals surface area (Å²) in [4.78, 5) is 31.8. The Morgan fingerprint density at radius 1 is 0.853 bits per heavy atom. The monoisotopic (exact) mass is 460 g/mol. The van der Waals surface area contributed by atoms with Crippen LogP contribution in [0.15, 0.2) is 54.6 Å². The van der Waals surface area contributed by atoms with Gasteiger partial charge >= 0.3 is 0 Å². The fourth-order valence-electron chi connectivity index (χ4n) is 4.67. The van der Waals surface area contributed by atoms with E-state index < -0.39 is 0 Å². The maximum atomic E-state index is 12.9. The van der Waals surface area contributed by atoms with Gasteiger partial charge < -0.3 is 14.8 Å². The van der Waals surface area contributed by atoms with E-state index >= 15 is 0 Å². The summed E-state index contributed by atoms with van der Waals surface area (Å²) >= 11 is 0. The van der Waals surface area contributed by atoms with Crippen molar-refractivity contribution in [2.75, 3.05) is 19.6 Å². The lowest BCUT2D eigenvalue weighted by atomic mass is 10.1. The maximum Gasteiger partial charge on any atom is 0.242 e. The zero-order valence-electron chi connectivity index (χ0n) is 20.0. The fraction of sp³-hybridized carbons (Fsp3) is 0.464. The normalized spacial score (nSPS) is 13.8. The number of nitrogens with one attached hydrogen (secondary N) is 1. The van der Waals surface area contributed by atoms with E-state index in [0.717, 1.165) is 74.9 Å². The summed E-state index contributed by atoms with van der Waals surface area (Å²) in [6.45, 7) is 2.82. The van der Waals surface area contributed by atoms with Gasteiger partial charge in [-0.05, 0) is 56.2 Å². The van der Waals surface area contributed by atoms with Gasteiger partial charge in [-0.3, -0.25) is 9.59 Å². The Balaban J connectivity index is 1.22. The standard InChI is InChI=1S/C28H36N4O2/c33-27(18-17-23-12-4-1-5-13-23)29-19-9-2-6-16-26-30-24-14-7-8-15-25(24)32(26)22-28(34)31-20-10-3-11-21-31/h1,4-5,7-8,12-15H,2-3,6,9-11,16-22H2,(H,29,33). The van der Waals surface area contributed by atoms with Gasteiger partial charge in [0.25, 0.3) is 0 Å². The molecule has 0 unspecified atom stereocenters. The molecular weight excluding hydrogens is 424 g/mol. The number of unbranched alkanes of at least 4 members (excludes halogenated alkanes) is 2. The Morgan fingerprint density at radius 2 is 1.62 bits per heavy atom. The van der Waals surface area contributed by atoms with Crippen molar-refractivity contribution in [3.8, 4) is 0 Å². The average Bonchev–Trinajstić information content (AvgIpc) is 3.23. The third-order valence-electron chi connectivity index (χ3n) is 6.62. The first-order chi connectivity index (χ1) is 16.7. The van der Waals surface area contributed by atoms with Gasteiger partial charge in [-0.1, -0.05) is 48.9 Å². The number of nitrogens with zero attached hydrogens (tertiary/aromatic N) is 3. The number of rotatable bonds is 11. The number of carbonyl (C=O) groups is 2. The van der Waals surface area contributed by atoms with Gasteiger partial charge in [-0.15, -0.1) is 0 Å². The highest BCUT2D eigenvalue weighted by Crippen LogP contribution is 2.19. The smallest absolute Gasteiger partial charge is 0.242 e. The third-order valence-corrected chi connectivity index (χ3v) is 6.62. The van der Waals surface area contributed by atoms with Crippen LogP contribution in [0.2, 0.25) is 0 Å². The molecule has 4 rings (SSSR count). The Morgan fingerprint density at radius 3 is 2.44 bits per heavy atom. The van der Waals surface area contributed by atoms with E-state index in [0.29, 0.717) is 19.5 Å². The van der Waals surface area contributed by atoms with Gasteiger partial charge in [-0.2, -0.15) is 0 Å². The number of likely N-dealkylation sites (tertiary alicyclic amines) is 1. The van der Waals surface area contributed by atoms with Crippen molar-refractivity contribution >= 4 is 22.8 Å². The van der Waals surface area contributed by atoms with Crippen molar-refractivity contribution in [3.63, 3.8) is 0 Å².